The Morgan fingerprint density at radius 2 is 1.93 bits per heavy atom. The molecule has 144 valence electrons. The first-order chi connectivity index (χ1) is 13.7. The van der Waals surface area contributed by atoms with E-state index in [2.05, 4.69) is 29.3 Å². The number of aryl methyl sites for hydroxylation is 1. The number of nitrogens with zero attached hydrogens (tertiary/aromatic N) is 3. The van der Waals surface area contributed by atoms with E-state index < -0.39 is 0 Å². The van der Waals surface area contributed by atoms with E-state index in [1.807, 2.05) is 41.0 Å². The van der Waals surface area contributed by atoms with E-state index in [4.69, 9.17) is 4.74 Å². The zero-order valence-electron chi connectivity index (χ0n) is 16.1. The van der Waals surface area contributed by atoms with Crippen LogP contribution in [-0.2, 0) is 4.79 Å². The van der Waals surface area contributed by atoms with Gasteiger partial charge in [-0.15, -0.1) is 10.2 Å². The van der Waals surface area contributed by atoms with Crippen LogP contribution in [0.2, 0.25) is 0 Å². The number of ketones is 1. The number of benzene rings is 2. The highest BCUT2D eigenvalue weighted by Gasteiger charge is 2.27. The molecular weight excluding hydrogens is 370 g/mol. The number of thioether (sulfide) groups is 1. The predicted octanol–water partition coefficient (Wildman–Crippen LogP) is 4.86. The Labute approximate surface area is 169 Å². The van der Waals surface area contributed by atoms with Crippen molar-refractivity contribution >= 4 is 17.5 Å². The van der Waals surface area contributed by atoms with Gasteiger partial charge in [0, 0.05) is 17.7 Å². The average Bonchev–Trinajstić information content (AvgIpc) is 3.13. The second-order valence-electron chi connectivity index (χ2n) is 7.03. The zero-order chi connectivity index (χ0) is 19.5. The van der Waals surface area contributed by atoms with Crippen molar-refractivity contribution in [1.29, 1.82) is 0 Å². The van der Waals surface area contributed by atoms with Crippen LogP contribution >= 0.6 is 11.8 Å². The Balaban J connectivity index is 1.78. The smallest absolute Gasteiger partial charge is 0.196 e. The molecule has 0 radical (unpaired) electrons. The lowest BCUT2D eigenvalue weighted by Crippen LogP contribution is -2.21. The third-order valence-corrected chi connectivity index (χ3v) is 6.24. The van der Waals surface area contributed by atoms with Gasteiger partial charge in [0.15, 0.2) is 11.0 Å². The Kier molecular flexibility index (Phi) is 5.48. The minimum absolute atomic E-state index is 0.0414. The normalized spacial score (nSPS) is 16.9. The summed E-state index contributed by atoms with van der Waals surface area (Å²) in [5, 5.41) is 9.66. The fraction of sp³-hybridized carbons (Fsp3) is 0.318. The summed E-state index contributed by atoms with van der Waals surface area (Å²) in [5.41, 5.74) is 3.12. The van der Waals surface area contributed by atoms with Gasteiger partial charge in [0.25, 0.3) is 0 Å². The van der Waals surface area contributed by atoms with Crippen molar-refractivity contribution in [2.45, 2.75) is 43.0 Å². The molecule has 0 N–H and O–H groups in total. The summed E-state index contributed by atoms with van der Waals surface area (Å²) in [5.74, 6) is 1.89. The van der Waals surface area contributed by atoms with E-state index >= 15 is 0 Å². The number of hydrogen-bond donors (Lipinski definition) is 0. The Hall–Kier alpha value is -2.60. The number of Topliss-reactive ketones (excluding diaryl/α,β-unsaturated/α-hetero) is 1. The van der Waals surface area contributed by atoms with Crippen LogP contribution in [0.5, 0.6) is 5.75 Å². The Morgan fingerprint density at radius 1 is 1.11 bits per heavy atom. The molecule has 6 heteroatoms. The van der Waals surface area contributed by atoms with Crippen LogP contribution in [0.1, 0.15) is 31.2 Å². The Morgan fingerprint density at radius 3 is 2.64 bits per heavy atom. The summed E-state index contributed by atoms with van der Waals surface area (Å²) in [4.78, 5) is 12.4. The molecule has 1 atom stereocenters. The minimum Gasteiger partial charge on any atom is -0.497 e. The molecule has 0 bridgehead atoms. The average molecular weight is 394 g/mol. The number of rotatable bonds is 5. The van der Waals surface area contributed by atoms with Crippen LogP contribution in [0.4, 0.5) is 0 Å². The molecule has 3 aromatic rings. The van der Waals surface area contributed by atoms with E-state index in [9.17, 15) is 4.79 Å². The topological polar surface area (TPSA) is 57.0 Å². The molecule has 2 aromatic carbocycles. The van der Waals surface area contributed by atoms with Crippen LogP contribution in [0, 0.1) is 6.92 Å². The van der Waals surface area contributed by atoms with Crippen LogP contribution in [0.25, 0.3) is 17.1 Å². The molecule has 4 rings (SSSR count). The highest BCUT2D eigenvalue weighted by molar-refractivity contribution is 8.00. The van der Waals surface area contributed by atoms with E-state index in [0.717, 1.165) is 47.2 Å². The van der Waals surface area contributed by atoms with Gasteiger partial charge in [-0.1, -0.05) is 41.9 Å². The van der Waals surface area contributed by atoms with Gasteiger partial charge >= 0.3 is 0 Å². The van der Waals surface area contributed by atoms with Gasteiger partial charge in [-0.25, -0.2) is 0 Å². The summed E-state index contributed by atoms with van der Waals surface area (Å²) in [6, 6.07) is 16.1. The maximum atomic E-state index is 12.4. The zero-order valence-corrected chi connectivity index (χ0v) is 16.9. The van der Waals surface area contributed by atoms with Gasteiger partial charge in [0.2, 0.25) is 0 Å². The summed E-state index contributed by atoms with van der Waals surface area (Å²) >= 11 is 1.53. The lowest BCUT2D eigenvalue weighted by atomic mass is 9.99. The van der Waals surface area contributed by atoms with Crippen molar-refractivity contribution < 1.29 is 9.53 Å². The first-order valence-corrected chi connectivity index (χ1v) is 10.4. The molecule has 0 aliphatic heterocycles. The van der Waals surface area contributed by atoms with Gasteiger partial charge in [0.05, 0.1) is 12.4 Å². The number of aromatic nitrogens is 3. The van der Waals surface area contributed by atoms with Gasteiger partial charge < -0.3 is 4.74 Å². The van der Waals surface area contributed by atoms with Crippen molar-refractivity contribution in [3.8, 4) is 22.8 Å². The number of methoxy groups -OCH3 is 1. The summed E-state index contributed by atoms with van der Waals surface area (Å²) in [7, 11) is 1.65. The second-order valence-corrected chi connectivity index (χ2v) is 8.20. The lowest BCUT2D eigenvalue weighted by Gasteiger charge is -2.20. The monoisotopic (exact) mass is 393 g/mol. The Bertz CT molecular complexity index is 982. The van der Waals surface area contributed by atoms with Crippen LogP contribution in [0.15, 0.2) is 53.7 Å². The second kappa shape index (κ2) is 8.19. The molecule has 1 fully saturated rings. The largest absolute Gasteiger partial charge is 0.497 e. The summed E-state index contributed by atoms with van der Waals surface area (Å²) in [6.07, 6.45) is 3.65. The van der Waals surface area contributed by atoms with Gasteiger partial charge in [-0.2, -0.15) is 0 Å². The SMILES string of the molecule is COc1ccc(-n2c(S[C@H]3CCCCC3=O)nnc2-c2cccc(C)c2)cc1. The maximum absolute atomic E-state index is 12.4. The minimum atomic E-state index is -0.0414. The molecule has 1 aliphatic rings. The number of hydrogen-bond acceptors (Lipinski definition) is 5. The quantitative estimate of drug-likeness (QED) is 0.620. The summed E-state index contributed by atoms with van der Waals surface area (Å²) < 4.78 is 7.34. The third kappa shape index (κ3) is 3.83. The fourth-order valence-electron chi connectivity index (χ4n) is 3.48. The van der Waals surface area contributed by atoms with Gasteiger partial charge in [0.1, 0.15) is 11.5 Å². The van der Waals surface area contributed by atoms with Crippen LogP contribution < -0.4 is 4.74 Å². The van der Waals surface area contributed by atoms with Crippen LogP contribution in [0.3, 0.4) is 0 Å². The number of carbonyl (C=O) groups is 1. The molecule has 0 amide bonds. The molecule has 0 spiro atoms. The third-order valence-electron chi connectivity index (χ3n) is 4.99. The van der Waals surface area contributed by atoms with Crippen molar-refractivity contribution in [3.05, 3.63) is 54.1 Å². The molecule has 1 saturated carbocycles. The highest BCUT2D eigenvalue weighted by atomic mass is 32.2. The first kappa shape index (κ1) is 18.7. The van der Waals surface area contributed by atoms with E-state index in [-0.39, 0.29) is 5.25 Å². The maximum Gasteiger partial charge on any atom is 0.196 e. The van der Waals surface area contributed by atoms with E-state index in [1.165, 1.54) is 17.3 Å². The van der Waals surface area contributed by atoms with Crippen LogP contribution in [-0.4, -0.2) is 32.9 Å². The molecule has 0 saturated heterocycles. The molecule has 28 heavy (non-hydrogen) atoms. The molecule has 1 aliphatic carbocycles. The molecule has 5 nitrogen and oxygen atoms in total. The molecular formula is C22H23N3O2S. The first-order valence-electron chi connectivity index (χ1n) is 9.52. The predicted molar refractivity (Wildman–Crippen MR) is 111 cm³/mol. The van der Waals surface area contributed by atoms with Crippen molar-refractivity contribution in [3.63, 3.8) is 0 Å². The highest BCUT2D eigenvalue weighted by Crippen LogP contribution is 2.35. The lowest BCUT2D eigenvalue weighted by molar-refractivity contribution is -0.119. The molecule has 1 heterocycles. The van der Waals surface area contributed by atoms with Crippen molar-refractivity contribution in [2.75, 3.05) is 7.11 Å². The van der Waals surface area contributed by atoms with Gasteiger partial charge in [-0.3, -0.25) is 9.36 Å². The van der Waals surface area contributed by atoms with Crippen molar-refractivity contribution in [2.24, 2.45) is 0 Å². The molecule has 0 unspecified atom stereocenters. The summed E-state index contributed by atoms with van der Waals surface area (Å²) in [6.45, 7) is 2.06. The van der Waals surface area contributed by atoms with E-state index in [0.29, 0.717) is 12.2 Å². The molecule has 1 aromatic heterocycles. The fourth-order valence-corrected chi connectivity index (χ4v) is 4.66. The standard InChI is InChI=1S/C22H23N3O2S/c1-15-6-5-7-16(14-15)21-23-24-22(28-20-9-4-3-8-19(20)26)25(21)17-10-12-18(27-2)13-11-17/h5-7,10-14,20H,3-4,8-9H2,1-2H3/t20-/m0/s1. The van der Waals surface area contributed by atoms with Crippen molar-refractivity contribution in [1.82, 2.24) is 14.8 Å². The number of carbonyl (C=O) groups excluding carboxylic acids is 1. The number of ether oxygens (including phenoxy) is 1. The van der Waals surface area contributed by atoms with E-state index in [1.54, 1.807) is 7.11 Å². The van der Waals surface area contributed by atoms with Gasteiger partial charge in [-0.05, 0) is 50.1 Å².